The number of carbonyl (C=O) groups is 1. The summed E-state index contributed by atoms with van der Waals surface area (Å²) in [6.07, 6.45) is 0.0800. The van der Waals surface area contributed by atoms with Gasteiger partial charge in [0.15, 0.2) is 0 Å². The molecule has 2 aromatic carbocycles. The van der Waals surface area contributed by atoms with Gasteiger partial charge in [-0.1, -0.05) is 23.8 Å². The summed E-state index contributed by atoms with van der Waals surface area (Å²) in [7, 11) is -2.69. The molecule has 0 saturated heterocycles. The van der Waals surface area contributed by atoms with Crippen LogP contribution in [0.25, 0.3) is 0 Å². The van der Waals surface area contributed by atoms with E-state index in [0.29, 0.717) is 10.0 Å². The molecule has 0 aromatic heterocycles. The highest BCUT2D eigenvalue weighted by molar-refractivity contribution is 9.10. The number of benzene rings is 2. The van der Waals surface area contributed by atoms with E-state index in [2.05, 4.69) is 20.7 Å². The summed E-state index contributed by atoms with van der Waals surface area (Å²) in [4.78, 5) is 12.1. The predicted molar refractivity (Wildman–Crippen MR) is 96.8 cm³/mol. The molecule has 1 atom stereocenters. The van der Waals surface area contributed by atoms with Crippen molar-refractivity contribution in [3.05, 3.63) is 58.1 Å². The van der Waals surface area contributed by atoms with Crippen molar-refractivity contribution in [2.24, 2.45) is 0 Å². The fraction of sp³-hybridized carbons (Fsp3) is 0.235. The van der Waals surface area contributed by atoms with Crippen LogP contribution in [-0.2, 0) is 26.0 Å². The second-order valence-electron chi connectivity index (χ2n) is 5.50. The third-order valence-corrected chi connectivity index (χ3v) is 5.69. The number of carbonyl (C=O) groups excluding carboxylic acids is 1. The molecule has 6 nitrogen and oxygen atoms in total. The van der Waals surface area contributed by atoms with Gasteiger partial charge >= 0.3 is 5.97 Å². The van der Waals surface area contributed by atoms with Gasteiger partial charge in [0.05, 0.1) is 16.5 Å². The highest BCUT2D eigenvalue weighted by Crippen LogP contribution is 2.25. The summed E-state index contributed by atoms with van der Waals surface area (Å²) in [6.45, 7) is 1.85. The number of aromatic hydroxyl groups is 1. The number of hydrogen-bond donors (Lipinski definition) is 2. The summed E-state index contributed by atoms with van der Waals surface area (Å²) in [5, 5.41) is 9.54. The van der Waals surface area contributed by atoms with E-state index in [1.165, 1.54) is 25.3 Å². The lowest BCUT2D eigenvalue weighted by molar-refractivity contribution is -0.142. The quantitative estimate of drug-likeness (QED) is 0.690. The number of ether oxygens (including phenoxy) is 1. The van der Waals surface area contributed by atoms with Crippen molar-refractivity contribution in [1.82, 2.24) is 4.72 Å². The van der Waals surface area contributed by atoms with Crippen LogP contribution in [0.4, 0.5) is 0 Å². The molecule has 0 amide bonds. The summed E-state index contributed by atoms with van der Waals surface area (Å²) in [5.41, 5.74) is 1.59. The van der Waals surface area contributed by atoms with Gasteiger partial charge in [0.2, 0.25) is 10.0 Å². The number of hydrogen-bond acceptors (Lipinski definition) is 5. The monoisotopic (exact) mass is 427 g/mol. The molecule has 0 heterocycles. The number of nitrogens with one attached hydrogen (secondary N) is 1. The highest BCUT2D eigenvalue weighted by Gasteiger charge is 2.27. The van der Waals surface area contributed by atoms with Crippen LogP contribution >= 0.6 is 15.9 Å². The Morgan fingerprint density at radius 3 is 2.44 bits per heavy atom. The molecule has 25 heavy (non-hydrogen) atoms. The van der Waals surface area contributed by atoms with Gasteiger partial charge in [-0.05, 0) is 59.1 Å². The van der Waals surface area contributed by atoms with Gasteiger partial charge in [0.1, 0.15) is 11.8 Å². The Labute approximate surface area is 155 Å². The molecule has 2 aromatic rings. The minimum absolute atomic E-state index is 0.0543. The average molecular weight is 428 g/mol. The van der Waals surface area contributed by atoms with Gasteiger partial charge in [-0.15, -0.1) is 0 Å². The molecule has 8 heteroatoms. The predicted octanol–water partition coefficient (Wildman–Crippen LogP) is 2.53. The van der Waals surface area contributed by atoms with Crippen molar-refractivity contribution in [1.29, 1.82) is 0 Å². The number of phenols is 1. The van der Waals surface area contributed by atoms with Crippen LogP contribution in [-0.4, -0.2) is 32.6 Å². The van der Waals surface area contributed by atoms with Crippen LogP contribution < -0.4 is 4.72 Å². The van der Waals surface area contributed by atoms with E-state index in [0.717, 1.165) is 5.56 Å². The Morgan fingerprint density at radius 2 is 1.88 bits per heavy atom. The lowest BCUT2D eigenvalue weighted by Gasteiger charge is -2.17. The first-order valence-electron chi connectivity index (χ1n) is 7.37. The Hall–Kier alpha value is -1.90. The Morgan fingerprint density at radius 1 is 1.24 bits per heavy atom. The summed E-state index contributed by atoms with van der Waals surface area (Å²) >= 11 is 3.19. The first kappa shape index (κ1) is 19.4. The first-order valence-corrected chi connectivity index (χ1v) is 9.65. The maximum atomic E-state index is 12.5. The van der Waals surface area contributed by atoms with Crippen molar-refractivity contribution in [3.63, 3.8) is 0 Å². The van der Waals surface area contributed by atoms with Gasteiger partial charge in [-0.25, -0.2) is 8.42 Å². The largest absolute Gasteiger partial charge is 0.507 e. The molecule has 0 spiro atoms. The van der Waals surface area contributed by atoms with E-state index in [-0.39, 0.29) is 17.1 Å². The van der Waals surface area contributed by atoms with E-state index < -0.39 is 22.0 Å². The topological polar surface area (TPSA) is 92.7 Å². The van der Waals surface area contributed by atoms with Crippen molar-refractivity contribution in [2.75, 3.05) is 7.11 Å². The van der Waals surface area contributed by atoms with Crippen molar-refractivity contribution in [3.8, 4) is 5.75 Å². The third-order valence-electron chi connectivity index (χ3n) is 3.57. The molecule has 0 bridgehead atoms. The van der Waals surface area contributed by atoms with E-state index in [9.17, 15) is 18.3 Å². The van der Waals surface area contributed by atoms with Gasteiger partial charge in [0, 0.05) is 0 Å². The zero-order chi connectivity index (χ0) is 18.6. The van der Waals surface area contributed by atoms with E-state index in [4.69, 9.17) is 4.74 Å². The summed E-state index contributed by atoms with van der Waals surface area (Å²) in [6, 6.07) is 9.90. The number of phenolic OH excluding ortho intramolecular Hbond substituents is 1. The van der Waals surface area contributed by atoms with Crippen LogP contribution in [0.3, 0.4) is 0 Å². The minimum Gasteiger partial charge on any atom is -0.507 e. The number of aryl methyl sites for hydroxylation is 1. The molecule has 0 aliphatic carbocycles. The number of rotatable bonds is 6. The number of methoxy groups -OCH3 is 1. The van der Waals surface area contributed by atoms with Crippen molar-refractivity contribution in [2.45, 2.75) is 24.3 Å². The molecule has 0 saturated carbocycles. The smallest absolute Gasteiger partial charge is 0.324 e. The summed E-state index contributed by atoms with van der Waals surface area (Å²) in [5.74, 6) is -0.640. The van der Waals surface area contributed by atoms with E-state index >= 15 is 0 Å². The normalized spacial score (nSPS) is 12.6. The zero-order valence-corrected chi connectivity index (χ0v) is 16.1. The van der Waals surface area contributed by atoms with Gasteiger partial charge in [-0.3, -0.25) is 4.79 Å². The van der Waals surface area contributed by atoms with Crippen LogP contribution in [0.5, 0.6) is 5.75 Å². The maximum Gasteiger partial charge on any atom is 0.324 e. The molecular formula is C17H18BrNO5S. The number of halogens is 1. The Kier molecular flexibility index (Phi) is 6.21. The molecule has 0 radical (unpaired) electrons. The Bertz CT molecular complexity index is 865. The van der Waals surface area contributed by atoms with E-state index in [1.54, 1.807) is 24.3 Å². The number of esters is 1. The van der Waals surface area contributed by atoms with Crippen LogP contribution in [0, 0.1) is 6.92 Å². The van der Waals surface area contributed by atoms with Crippen LogP contribution in [0.2, 0.25) is 0 Å². The molecule has 0 aliphatic rings. The first-order chi connectivity index (χ1) is 11.7. The van der Waals surface area contributed by atoms with Crippen LogP contribution in [0.15, 0.2) is 51.8 Å². The number of sulfonamides is 1. The van der Waals surface area contributed by atoms with Crippen LogP contribution in [0.1, 0.15) is 11.1 Å². The van der Waals surface area contributed by atoms with Gasteiger partial charge in [0.25, 0.3) is 0 Å². The molecule has 2 rings (SSSR count). The lowest BCUT2D eigenvalue weighted by atomic mass is 10.1. The van der Waals surface area contributed by atoms with E-state index in [1.807, 2.05) is 6.92 Å². The highest BCUT2D eigenvalue weighted by atomic mass is 79.9. The van der Waals surface area contributed by atoms with Crippen molar-refractivity contribution >= 4 is 31.9 Å². The lowest BCUT2D eigenvalue weighted by Crippen LogP contribution is -2.42. The fourth-order valence-corrected chi connectivity index (χ4v) is 3.81. The van der Waals surface area contributed by atoms with Crippen molar-refractivity contribution < 1.29 is 23.1 Å². The average Bonchev–Trinajstić information content (AvgIpc) is 2.57. The maximum absolute atomic E-state index is 12.5. The minimum atomic E-state index is -3.88. The SMILES string of the molecule is COC(=O)[C@H](Cc1ccc(O)c(Br)c1)NS(=O)(=O)c1ccc(C)cc1. The third kappa shape index (κ3) is 5.04. The molecular weight excluding hydrogens is 410 g/mol. The summed E-state index contributed by atoms with van der Waals surface area (Å²) < 4.78 is 32.6. The Balaban J connectivity index is 2.26. The second-order valence-corrected chi connectivity index (χ2v) is 8.07. The molecule has 0 fully saturated rings. The molecule has 0 aliphatic heterocycles. The molecule has 0 unspecified atom stereocenters. The standard InChI is InChI=1S/C17H18BrNO5S/c1-11-3-6-13(7-4-11)25(22,23)19-15(17(21)24-2)10-12-5-8-16(20)14(18)9-12/h3-9,15,19-20H,10H2,1-2H3/t15-/m0/s1. The molecule has 2 N–H and O–H groups in total. The fourth-order valence-electron chi connectivity index (χ4n) is 2.20. The van der Waals surface area contributed by atoms with Gasteiger partial charge < -0.3 is 9.84 Å². The zero-order valence-electron chi connectivity index (χ0n) is 13.7. The van der Waals surface area contributed by atoms with Gasteiger partial charge in [-0.2, -0.15) is 4.72 Å². The second kappa shape index (κ2) is 7.99. The molecule has 134 valence electrons.